The van der Waals surface area contributed by atoms with E-state index in [4.69, 9.17) is 0 Å². The Morgan fingerprint density at radius 1 is 1.23 bits per heavy atom. The summed E-state index contributed by atoms with van der Waals surface area (Å²) in [7, 11) is 1.71. The lowest BCUT2D eigenvalue weighted by molar-refractivity contribution is -0.171. The van der Waals surface area contributed by atoms with Crippen LogP contribution in [0.1, 0.15) is 38.2 Å². The second kappa shape index (κ2) is 10.8. The Morgan fingerprint density at radius 3 is 2.73 bits per heavy atom. The highest BCUT2D eigenvalue weighted by molar-refractivity contribution is 7.99. The van der Waals surface area contributed by atoms with Crippen LogP contribution in [0.5, 0.6) is 0 Å². The summed E-state index contributed by atoms with van der Waals surface area (Å²) < 4.78 is 0. The molecule has 0 bridgehead atoms. The second-order valence-electron chi connectivity index (χ2n) is 7.92. The van der Waals surface area contributed by atoms with Gasteiger partial charge < -0.3 is 10.6 Å². The number of amides is 3. The van der Waals surface area contributed by atoms with Gasteiger partial charge in [0.15, 0.2) is 0 Å². The van der Waals surface area contributed by atoms with E-state index in [1.54, 1.807) is 24.0 Å². The van der Waals surface area contributed by atoms with Crippen LogP contribution in [0.25, 0.3) is 0 Å². The van der Waals surface area contributed by atoms with Gasteiger partial charge in [0, 0.05) is 18.7 Å². The number of hydrazine groups is 1. The van der Waals surface area contributed by atoms with Crippen LogP contribution in [0.4, 0.5) is 0 Å². The van der Waals surface area contributed by atoms with Crippen LogP contribution >= 0.6 is 11.8 Å². The number of hydrogen-bond donors (Lipinski definition) is 2. The van der Waals surface area contributed by atoms with Crippen molar-refractivity contribution in [3.63, 3.8) is 0 Å². The number of nitrogens with zero attached hydrogens (tertiary/aromatic N) is 2. The summed E-state index contributed by atoms with van der Waals surface area (Å²) in [6, 6.07) is 9.29. The van der Waals surface area contributed by atoms with Gasteiger partial charge in [0.1, 0.15) is 6.04 Å². The molecular formula is C22H32N4O3S. The monoisotopic (exact) mass is 432 g/mol. The molecule has 2 aliphatic rings. The van der Waals surface area contributed by atoms with Crippen LogP contribution in [0.15, 0.2) is 30.3 Å². The van der Waals surface area contributed by atoms with Gasteiger partial charge >= 0.3 is 0 Å². The third-order valence-electron chi connectivity index (χ3n) is 5.80. The highest BCUT2D eigenvalue weighted by Crippen LogP contribution is 2.27. The number of likely N-dealkylation sites (N-methyl/N-ethyl adjacent to an activating group) is 1. The number of nitrogens with one attached hydrogen (secondary N) is 2. The lowest BCUT2D eigenvalue weighted by atomic mass is 10.1. The number of thioether (sulfide) groups is 1. The first-order valence-corrected chi connectivity index (χ1v) is 11.9. The van der Waals surface area contributed by atoms with Gasteiger partial charge in [-0.3, -0.25) is 19.4 Å². The average molecular weight is 433 g/mol. The fourth-order valence-corrected chi connectivity index (χ4v) is 5.02. The van der Waals surface area contributed by atoms with E-state index in [-0.39, 0.29) is 30.2 Å². The molecule has 0 aliphatic carbocycles. The summed E-state index contributed by atoms with van der Waals surface area (Å²) in [4.78, 5) is 38.3. The summed E-state index contributed by atoms with van der Waals surface area (Å²) in [5.41, 5.74) is 1.30. The number of benzene rings is 1. The van der Waals surface area contributed by atoms with E-state index in [0.29, 0.717) is 13.0 Å². The zero-order valence-electron chi connectivity index (χ0n) is 17.8. The zero-order valence-corrected chi connectivity index (χ0v) is 18.6. The Balaban J connectivity index is 1.63. The van der Waals surface area contributed by atoms with E-state index in [2.05, 4.69) is 22.8 Å². The van der Waals surface area contributed by atoms with E-state index >= 15 is 0 Å². The van der Waals surface area contributed by atoms with Gasteiger partial charge in [-0.25, -0.2) is 5.01 Å². The second-order valence-corrected chi connectivity index (χ2v) is 9.07. The summed E-state index contributed by atoms with van der Waals surface area (Å²) in [6.45, 7) is 2.32. The molecule has 7 nitrogen and oxygen atoms in total. The number of rotatable bonds is 8. The zero-order chi connectivity index (χ0) is 21.5. The fourth-order valence-electron chi connectivity index (χ4n) is 3.90. The van der Waals surface area contributed by atoms with Gasteiger partial charge in [0.25, 0.3) is 5.91 Å². The fraction of sp³-hybridized carbons (Fsp3) is 0.591. The van der Waals surface area contributed by atoms with Crippen molar-refractivity contribution in [3.05, 3.63) is 35.9 Å². The van der Waals surface area contributed by atoms with E-state index in [1.165, 1.54) is 5.56 Å². The summed E-state index contributed by atoms with van der Waals surface area (Å²) in [5.74, 6) is 1.35. The van der Waals surface area contributed by atoms with Crippen LogP contribution in [0, 0.1) is 0 Å². The molecule has 3 atom stereocenters. The van der Waals surface area contributed by atoms with Gasteiger partial charge in [-0.05, 0) is 51.0 Å². The number of aryl methyl sites for hydroxylation is 1. The molecule has 1 aromatic rings. The Bertz CT molecular complexity index is 745. The minimum atomic E-state index is -0.655. The van der Waals surface area contributed by atoms with Crippen LogP contribution < -0.4 is 10.6 Å². The molecule has 3 rings (SSSR count). The van der Waals surface area contributed by atoms with Crippen molar-refractivity contribution < 1.29 is 14.4 Å². The molecule has 0 aromatic heterocycles. The van der Waals surface area contributed by atoms with Gasteiger partial charge in [-0.15, -0.1) is 0 Å². The van der Waals surface area contributed by atoms with E-state index < -0.39 is 12.1 Å². The molecule has 1 unspecified atom stereocenters. The van der Waals surface area contributed by atoms with Crippen LogP contribution in [-0.2, 0) is 20.8 Å². The standard InChI is InChI=1S/C22H32N4O3S/c1-16(23-2)21(28)24-19-10-11-20(27)25-13-6-9-18(26(25)22(19)29)15-30-14-12-17-7-4-3-5-8-17/h3-5,7-8,16,18-19,23H,6,9-15H2,1-2H3,(H,24,28)/t16?,18-,19-/m0/s1. The Labute approximate surface area is 182 Å². The van der Waals surface area contributed by atoms with E-state index in [1.807, 2.05) is 30.0 Å². The molecular weight excluding hydrogens is 400 g/mol. The number of fused-ring (bicyclic) bond motifs is 1. The molecule has 2 saturated heterocycles. The molecule has 3 amide bonds. The molecule has 0 spiro atoms. The lowest BCUT2D eigenvalue weighted by Gasteiger charge is -2.43. The van der Waals surface area contributed by atoms with Crippen molar-refractivity contribution in [2.45, 2.75) is 57.2 Å². The van der Waals surface area contributed by atoms with Crippen molar-refractivity contribution in [2.24, 2.45) is 0 Å². The Morgan fingerprint density at radius 2 is 2.00 bits per heavy atom. The lowest BCUT2D eigenvalue weighted by Crippen LogP contribution is -2.61. The van der Waals surface area contributed by atoms with Gasteiger partial charge in [-0.1, -0.05) is 30.3 Å². The van der Waals surface area contributed by atoms with E-state index in [9.17, 15) is 14.4 Å². The maximum Gasteiger partial charge on any atom is 0.264 e. The predicted molar refractivity (Wildman–Crippen MR) is 119 cm³/mol. The van der Waals surface area contributed by atoms with Crippen molar-refractivity contribution in [2.75, 3.05) is 25.1 Å². The smallest absolute Gasteiger partial charge is 0.264 e. The molecule has 2 aliphatic heterocycles. The van der Waals surface area contributed by atoms with Crippen LogP contribution in [-0.4, -0.2) is 71.0 Å². The molecule has 1 aromatic carbocycles. The molecule has 0 saturated carbocycles. The number of carbonyl (C=O) groups excluding carboxylic acids is 3. The number of hydrogen-bond acceptors (Lipinski definition) is 5. The highest BCUT2D eigenvalue weighted by atomic mass is 32.2. The molecule has 30 heavy (non-hydrogen) atoms. The third kappa shape index (κ3) is 5.55. The minimum absolute atomic E-state index is 0.0183. The van der Waals surface area contributed by atoms with Gasteiger partial charge in [0.2, 0.25) is 11.8 Å². The summed E-state index contributed by atoms with van der Waals surface area (Å²) in [5, 5.41) is 9.02. The largest absolute Gasteiger partial charge is 0.343 e. The molecule has 0 radical (unpaired) electrons. The first kappa shape index (κ1) is 22.6. The van der Waals surface area contributed by atoms with Crippen molar-refractivity contribution in [1.29, 1.82) is 0 Å². The maximum atomic E-state index is 13.3. The van der Waals surface area contributed by atoms with Crippen LogP contribution in [0.3, 0.4) is 0 Å². The van der Waals surface area contributed by atoms with Gasteiger partial charge in [0.05, 0.1) is 12.1 Å². The first-order valence-electron chi connectivity index (χ1n) is 10.7. The third-order valence-corrected chi connectivity index (χ3v) is 6.92. The average Bonchev–Trinajstić information content (AvgIpc) is 2.89. The molecule has 2 heterocycles. The minimum Gasteiger partial charge on any atom is -0.343 e. The van der Waals surface area contributed by atoms with Gasteiger partial charge in [-0.2, -0.15) is 11.8 Å². The maximum absolute atomic E-state index is 13.3. The molecule has 164 valence electrons. The van der Waals surface area contributed by atoms with Crippen molar-refractivity contribution in [1.82, 2.24) is 20.7 Å². The summed E-state index contributed by atoms with van der Waals surface area (Å²) >= 11 is 1.81. The SMILES string of the molecule is CNC(C)C(=O)N[C@H]1CCC(=O)N2CCC[C@@H](CSCCc3ccccc3)N2C1=O. The molecule has 8 heteroatoms. The molecule has 2 N–H and O–H groups in total. The van der Waals surface area contributed by atoms with Crippen LogP contribution in [0.2, 0.25) is 0 Å². The number of carbonyl (C=O) groups is 3. The Hall–Kier alpha value is -2.06. The van der Waals surface area contributed by atoms with Crippen molar-refractivity contribution >= 4 is 29.5 Å². The topological polar surface area (TPSA) is 81.8 Å². The molecule has 2 fully saturated rings. The van der Waals surface area contributed by atoms with Crippen molar-refractivity contribution in [3.8, 4) is 0 Å². The Kier molecular flexibility index (Phi) is 8.16. The quantitative estimate of drug-likeness (QED) is 0.610. The van der Waals surface area contributed by atoms with E-state index in [0.717, 1.165) is 30.8 Å². The predicted octanol–water partition coefficient (Wildman–Crippen LogP) is 1.58. The highest BCUT2D eigenvalue weighted by Gasteiger charge is 2.41. The first-order chi connectivity index (χ1) is 14.5. The normalized spacial score (nSPS) is 23.0. The summed E-state index contributed by atoms with van der Waals surface area (Å²) in [6.07, 6.45) is 3.37.